The molecule has 1 fully saturated rings. The number of carbonyl (C=O) groups excluding carboxylic acids is 1. The summed E-state index contributed by atoms with van der Waals surface area (Å²) in [6, 6.07) is -0.248. The van der Waals surface area contributed by atoms with Gasteiger partial charge in [-0.2, -0.15) is 26.3 Å². The smallest absolute Gasteiger partial charge is 0.324 e. The highest BCUT2D eigenvalue weighted by molar-refractivity contribution is 5.98. The van der Waals surface area contributed by atoms with E-state index in [1.54, 1.807) is 0 Å². The van der Waals surface area contributed by atoms with Gasteiger partial charge in [-0.25, -0.2) is 10.9 Å². The summed E-state index contributed by atoms with van der Waals surface area (Å²) < 4.78 is 76.8. The number of hydrogen-bond acceptors (Lipinski definition) is 5. The largest absolute Gasteiger partial charge is 0.423 e. The monoisotopic (exact) mass is 386 g/mol. The van der Waals surface area contributed by atoms with E-state index in [9.17, 15) is 41.3 Å². The predicted octanol–water partition coefficient (Wildman–Crippen LogP) is 2.74. The highest BCUT2D eigenvalue weighted by atomic mass is 19.4. The molecule has 1 amide bonds. The number of alkyl halides is 6. The fraction of sp³-hybridized carbons (Fsp3) is 0.462. The lowest BCUT2D eigenvalue weighted by molar-refractivity contribution is -0.388. The Morgan fingerprint density at radius 2 is 1.92 bits per heavy atom. The molecule has 1 aromatic rings. The Balaban J connectivity index is 2.23. The first-order chi connectivity index (χ1) is 11.7. The van der Waals surface area contributed by atoms with Crippen LogP contribution >= 0.6 is 0 Å². The van der Waals surface area contributed by atoms with Crippen molar-refractivity contribution in [3.8, 4) is 0 Å². The first-order valence-electron chi connectivity index (χ1n) is 7.00. The topological polar surface area (TPSA) is 96.3 Å². The third-order valence-corrected chi connectivity index (χ3v) is 3.79. The fourth-order valence-corrected chi connectivity index (χ4v) is 2.37. The van der Waals surface area contributed by atoms with Crippen LogP contribution in [0.15, 0.2) is 18.2 Å². The van der Waals surface area contributed by atoms with Crippen molar-refractivity contribution in [2.24, 2.45) is 0 Å². The van der Waals surface area contributed by atoms with E-state index < -0.39 is 58.1 Å². The number of carbonyl (C=O) groups is 1. The molecule has 2 rings (SSSR count). The van der Waals surface area contributed by atoms with Gasteiger partial charge < -0.3 is 5.32 Å². The van der Waals surface area contributed by atoms with Crippen LogP contribution in [-0.4, -0.2) is 28.6 Å². The Labute approximate surface area is 141 Å². The minimum absolute atomic E-state index is 0.350. The van der Waals surface area contributed by atoms with E-state index in [0.717, 1.165) is 13.0 Å². The molecule has 13 heteroatoms. The number of rotatable bonds is 3. The van der Waals surface area contributed by atoms with E-state index in [1.165, 1.54) is 0 Å². The van der Waals surface area contributed by atoms with E-state index in [0.29, 0.717) is 12.1 Å². The van der Waals surface area contributed by atoms with E-state index in [1.807, 2.05) is 10.7 Å². The number of nitro benzene ring substituents is 1. The minimum Gasteiger partial charge on any atom is -0.324 e. The molecule has 3 N–H and O–H groups in total. The van der Waals surface area contributed by atoms with Gasteiger partial charge in [0.1, 0.15) is 17.1 Å². The van der Waals surface area contributed by atoms with Crippen molar-refractivity contribution >= 4 is 17.3 Å². The number of nitrogens with one attached hydrogen (secondary N) is 3. The Morgan fingerprint density at radius 1 is 1.31 bits per heavy atom. The van der Waals surface area contributed by atoms with Crippen molar-refractivity contribution in [2.45, 2.75) is 37.3 Å². The summed E-state index contributed by atoms with van der Waals surface area (Å²) in [5.74, 6) is -1.03. The van der Waals surface area contributed by atoms with Crippen molar-refractivity contribution in [1.29, 1.82) is 0 Å². The first-order valence-corrected chi connectivity index (χ1v) is 7.00. The SMILES string of the molecule is CC1(C(=O)Nc2ccc([N+](=O)[O-])c(C(F)(F)F)c2)CC(C(F)(F)F)NN1. The molecule has 0 aliphatic carbocycles. The zero-order valence-electron chi connectivity index (χ0n) is 13.0. The van der Waals surface area contributed by atoms with Crippen LogP contribution in [-0.2, 0) is 11.0 Å². The summed E-state index contributed by atoms with van der Waals surface area (Å²) in [6.07, 6.45) is -10.4. The normalized spacial score (nSPS) is 23.7. The molecule has 144 valence electrons. The summed E-state index contributed by atoms with van der Waals surface area (Å²) in [7, 11) is 0. The number of halogens is 6. The molecule has 0 spiro atoms. The van der Waals surface area contributed by atoms with Crippen LogP contribution < -0.4 is 16.2 Å². The van der Waals surface area contributed by atoms with Crippen LogP contribution in [0.2, 0.25) is 0 Å². The molecule has 1 heterocycles. The highest BCUT2D eigenvalue weighted by Crippen LogP contribution is 2.38. The Hall–Kier alpha value is -2.41. The maximum absolute atomic E-state index is 12.9. The number of hydrazine groups is 1. The lowest BCUT2D eigenvalue weighted by Gasteiger charge is -2.22. The molecule has 1 aliphatic heterocycles. The minimum atomic E-state index is -5.05. The molecule has 0 saturated carbocycles. The number of nitro groups is 1. The van der Waals surface area contributed by atoms with Crippen molar-refractivity contribution in [2.75, 3.05) is 5.32 Å². The third-order valence-electron chi connectivity index (χ3n) is 3.79. The number of nitrogens with zero attached hydrogens (tertiary/aromatic N) is 1. The van der Waals surface area contributed by atoms with Crippen molar-refractivity contribution < 1.29 is 36.1 Å². The third kappa shape index (κ3) is 4.04. The first kappa shape index (κ1) is 19.9. The maximum atomic E-state index is 12.9. The average Bonchev–Trinajstić information content (AvgIpc) is 2.90. The van der Waals surface area contributed by atoms with Crippen LogP contribution in [0.25, 0.3) is 0 Å². The van der Waals surface area contributed by atoms with Gasteiger partial charge in [-0.3, -0.25) is 14.9 Å². The predicted molar refractivity (Wildman–Crippen MR) is 75.9 cm³/mol. The summed E-state index contributed by atoms with van der Waals surface area (Å²) in [5.41, 5.74) is -0.904. The standard InChI is InChI=1S/C13H12F6N4O3/c1-11(5-9(21-22-11)13(17,18)19)10(24)20-6-2-3-8(23(25)26)7(4-6)12(14,15)16/h2-4,9,21-22H,5H2,1H3,(H,20,24). The van der Waals surface area contributed by atoms with Gasteiger partial charge in [0, 0.05) is 18.2 Å². The Bertz CT molecular complexity index is 736. The van der Waals surface area contributed by atoms with Gasteiger partial charge in [-0.15, -0.1) is 0 Å². The number of amides is 1. The van der Waals surface area contributed by atoms with Crippen LogP contribution in [0.4, 0.5) is 37.7 Å². The molecule has 7 nitrogen and oxygen atoms in total. The van der Waals surface area contributed by atoms with Gasteiger partial charge in [-0.05, 0) is 19.1 Å². The van der Waals surface area contributed by atoms with Gasteiger partial charge in [0.25, 0.3) is 5.69 Å². The van der Waals surface area contributed by atoms with E-state index in [4.69, 9.17) is 0 Å². The zero-order chi connectivity index (χ0) is 19.9. The molecule has 26 heavy (non-hydrogen) atoms. The lowest BCUT2D eigenvalue weighted by Crippen LogP contribution is -2.51. The molecule has 2 unspecified atom stereocenters. The Kier molecular flexibility index (Phi) is 4.89. The van der Waals surface area contributed by atoms with Gasteiger partial charge in [0.15, 0.2) is 0 Å². The van der Waals surface area contributed by atoms with Crippen LogP contribution in [0.1, 0.15) is 18.9 Å². The summed E-state index contributed by atoms with van der Waals surface area (Å²) in [5, 5.41) is 12.7. The molecule has 1 aromatic carbocycles. The zero-order valence-corrected chi connectivity index (χ0v) is 13.0. The van der Waals surface area contributed by atoms with Crippen LogP contribution in [0.3, 0.4) is 0 Å². The van der Waals surface area contributed by atoms with E-state index >= 15 is 0 Å². The molecular weight excluding hydrogens is 374 g/mol. The summed E-state index contributed by atoms with van der Waals surface area (Å²) >= 11 is 0. The number of hydrogen-bond donors (Lipinski definition) is 3. The molecule has 0 radical (unpaired) electrons. The number of anilines is 1. The second kappa shape index (κ2) is 6.39. The second-order valence-corrected chi connectivity index (χ2v) is 5.84. The molecule has 0 bridgehead atoms. The van der Waals surface area contributed by atoms with Crippen molar-refractivity contribution in [1.82, 2.24) is 10.9 Å². The van der Waals surface area contributed by atoms with Gasteiger partial charge >= 0.3 is 12.4 Å². The van der Waals surface area contributed by atoms with Crippen LogP contribution in [0, 0.1) is 10.1 Å². The number of benzene rings is 1. The van der Waals surface area contributed by atoms with Crippen LogP contribution in [0.5, 0.6) is 0 Å². The molecule has 2 atom stereocenters. The average molecular weight is 386 g/mol. The van der Waals surface area contributed by atoms with Gasteiger partial charge in [-0.1, -0.05) is 0 Å². The van der Waals surface area contributed by atoms with Gasteiger partial charge in [0.2, 0.25) is 5.91 Å². The summed E-state index contributed by atoms with van der Waals surface area (Å²) in [6.45, 7) is 1.14. The molecule has 1 saturated heterocycles. The summed E-state index contributed by atoms with van der Waals surface area (Å²) in [4.78, 5) is 21.6. The maximum Gasteiger partial charge on any atom is 0.423 e. The quantitative estimate of drug-likeness (QED) is 0.422. The van der Waals surface area contributed by atoms with E-state index in [-0.39, 0.29) is 0 Å². The lowest BCUT2D eigenvalue weighted by atomic mass is 9.95. The van der Waals surface area contributed by atoms with Gasteiger partial charge in [0.05, 0.1) is 4.92 Å². The fourth-order valence-electron chi connectivity index (χ4n) is 2.37. The second-order valence-electron chi connectivity index (χ2n) is 5.84. The van der Waals surface area contributed by atoms with Crippen molar-refractivity contribution in [3.63, 3.8) is 0 Å². The Morgan fingerprint density at radius 3 is 2.38 bits per heavy atom. The molecule has 1 aliphatic rings. The van der Waals surface area contributed by atoms with Crippen molar-refractivity contribution in [3.05, 3.63) is 33.9 Å². The van der Waals surface area contributed by atoms with E-state index in [2.05, 4.69) is 5.43 Å². The molecule has 0 aromatic heterocycles. The molecular formula is C13H12F6N4O3. The highest BCUT2D eigenvalue weighted by Gasteiger charge is 2.51.